The summed E-state index contributed by atoms with van der Waals surface area (Å²) in [4.78, 5) is 0. The van der Waals surface area contributed by atoms with Gasteiger partial charge in [-0.05, 0) is 0 Å². The zero-order valence-electron chi connectivity index (χ0n) is 10.1. The Morgan fingerprint density at radius 2 is 1.20 bits per heavy atom. The van der Waals surface area contributed by atoms with E-state index in [-0.39, 0.29) is 0 Å². The third-order valence-electron chi connectivity index (χ3n) is 3.09. The first-order valence-corrected chi connectivity index (χ1v) is 14.1. The summed E-state index contributed by atoms with van der Waals surface area (Å²) < 4.78 is 5.08. The molecule has 0 heterocycles. The van der Waals surface area contributed by atoms with Crippen molar-refractivity contribution in [3.05, 3.63) is 0 Å². The molecule has 0 aliphatic rings. The Morgan fingerprint density at radius 3 is 1.47 bits per heavy atom. The Bertz CT molecular complexity index is 211. The molecule has 0 aromatic carbocycles. The molecule has 0 rings (SSSR count). The van der Waals surface area contributed by atoms with Crippen molar-refractivity contribution >= 4 is 18.4 Å². The first-order chi connectivity index (χ1) is 7.24. The quantitative estimate of drug-likeness (QED) is 0.634. The van der Waals surface area contributed by atoms with Crippen LogP contribution in [0.4, 0.5) is 0 Å². The van der Waals surface area contributed by atoms with Crippen LogP contribution in [0.15, 0.2) is 0 Å². The number of hydrogen-bond acceptors (Lipinski definition) is 2. The summed E-state index contributed by atoms with van der Waals surface area (Å²) in [5, 5.41) is 17.4. The second-order valence-corrected chi connectivity index (χ2v) is 18.6. The van der Waals surface area contributed by atoms with E-state index in [9.17, 15) is 0 Å². The van der Waals surface area contributed by atoms with E-state index in [0.717, 1.165) is 12.8 Å². The third-order valence-corrected chi connectivity index (χ3v) is 19.5. The Hall–Kier alpha value is -0.221. The first-order valence-electron chi connectivity index (χ1n) is 5.98. The Kier molecular flexibility index (Phi) is 8.90. The molecule has 0 spiro atoms. The summed E-state index contributed by atoms with van der Waals surface area (Å²) in [5.41, 5.74) is 0. The summed E-state index contributed by atoms with van der Waals surface area (Å²) in [6.07, 6.45) is 3.93. The van der Waals surface area contributed by atoms with E-state index in [2.05, 4.69) is 26.0 Å². The van der Waals surface area contributed by atoms with E-state index >= 15 is 0 Å². The van der Waals surface area contributed by atoms with Crippen LogP contribution in [0.5, 0.6) is 0 Å². The standard InChI is InChI=1S/2C3H4N.2C3H7.Sn/c2*1-2-3-4;2*1-3-2;/h2*1-2H2;2*1,3H2,2H3;. The molecule has 0 atom stereocenters. The van der Waals surface area contributed by atoms with Crippen molar-refractivity contribution in [3.8, 4) is 12.1 Å². The molecule has 0 unspecified atom stereocenters. The molecule has 0 N–H and O–H groups in total. The second-order valence-electron chi connectivity index (χ2n) is 4.32. The van der Waals surface area contributed by atoms with Gasteiger partial charge in [-0.15, -0.1) is 0 Å². The fourth-order valence-electron chi connectivity index (χ4n) is 2.45. The van der Waals surface area contributed by atoms with Gasteiger partial charge in [-0.3, -0.25) is 0 Å². The molecule has 0 amide bonds. The van der Waals surface area contributed by atoms with Crippen molar-refractivity contribution < 1.29 is 0 Å². The SMILES string of the molecule is CC[CH2][Sn]([CH2]CC)([CH2]CC#N)[CH2]CC#N. The molecule has 3 heteroatoms. The molecule has 0 bridgehead atoms. The molecule has 0 aromatic rings. The molecule has 84 valence electrons. The van der Waals surface area contributed by atoms with Gasteiger partial charge in [-0.1, -0.05) is 0 Å². The maximum atomic E-state index is 8.71. The summed E-state index contributed by atoms with van der Waals surface area (Å²) in [6, 6.07) is 4.57. The second kappa shape index (κ2) is 9.04. The van der Waals surface area contributed by atoms with Crippen molar-refractivity contribution in [3.63, 3.8) is 0 Å². The molecule has 0 aliphatic carbocycles. The maximum absolute atomic E-state index is 8.71. The third kappa shape index (κ3) is 6.05. The van der Waals surface area contributed by atoms with E-state index in [0.29, 0.717) is 0 Å². The molecule has 0 aromatic heterocycles. The zero-order valence-corrected chi connectivity index (χ0v) is 12.9. The summed E-state index contributed by atoms with van der Waals surface area (Å²) in [5.74, 6) is 0. The van der Waals surface area contributed by atoms with Crippen molar-refractivity contribution in [1.82, 2.24) is 0 Å². The van der Waals surface area contributed by atoms with Crippen LogP contribution in [-0.4, -0.2) is 18.4 Å². The van der Waals surface area contributed by atoms with Crippen LogP contribution in [0.1, 0.15) is 39.5 Å². The van der Waals surface area contributed by atoms with E-state index in [1.165, 1.54) is 30.6 Å². The minimum atomic E-state index is -2.07. The van der Waals surface area contributed by atoms with E-state index < -0.39 is 18.4 Å². The molecule has 0 aliphatic heterocycles. The van der Waals surface area contributed by atoms with Gasteiger partial charge in [-0.2, -0.15) is 0 Å². The molecule has 0 saturated heterocycles. The normalized spacial score (nSPS) is 10.7. The fraction of sp³-hybridized carbons (Fsp3) is 0.833. The van der Waals surface area contributed by atoms with Gasteiger partial charge >= 0.3 is 98.3 Å². The average molecular weight is 313 g/mol. The van der Waals surface area contributed by atoms with Gasteiger partial charge in [0.05, 0.1) is 0 Å². The van der Waals surface area contributed by atoms with E-state index in [4.69, 9.17) is 10.5 Å². The summed E-state index contributed by atoms with van der Waals surface area (Å²) >= 11 is -2.07. The van der Waals surface area contributed by atoms with Gasteiger partial charge < -0.3 is 0 Å². The van der Waals surface area contributed by atoms with Crippen LogP contribution in [-0.2, 0) is 0 Å². The van der Waals surface area contributed by atoms with Crippen LogP contribution in [0.3, 0.4) is 0 Å². The Morgan fingerprint density at radius 1 is 0.800 bits per heavy atom. The fourth-order valence-corrected chi connectivity index (χ4v) is 16.5. The topological polar surface area (TPSA) is 47.6 Å². The summed E-state index contributed by atoms with van der Waals surface area (Å²) in [7, 11) is 0. The molecule has 0 radical (unpaired) electrons. The molecule has 0 fully saturated rings. The van der Waals surface area contributed by atoms with Crippen LogP contribution in [0.2, 0.25) is 17.7 Å². The van der Waals surface area contributed by atoms with Crippen LogP contribution >= 0.6 is 0 Å². The summed E-state index contributed by atoms with van der Waals surface area (Å²) in [6.45, 7) is 4.47. The minimum absolute atomic E-state index is 0.724. The van der Waals surface area contributed by atoms with Crippen molar-refractivity contribution in [2.45, 2.75) is 57.3 Å². The molecule has 2 nitrogen and oxygen atoms in total. The van der Waals surface area contributed by atoms with Gasteiger partial charge in [0.25, 0.3) is 0 Å². The molecule has 0 saturated carbocycles. The molecular weight excluding hydrogens is 291 g/mol. The van der Waals surface area contributed by atoms with E-state index in [1.54, 1.807) is 0 Å². The molecular formula is C12H22N2Sn. The van der Waals surface area contributed by atoms with E-state index in [1.807, 2.05) is 0 Å². The number of rotatable bonds is 8. The van der Waals surface area contributed by atoms with Crippen LogP contribution in [0.25, 0.3) is 0 Å². The number of nitrogens with zero attached hydrogens (tertiary/aromatic N) is 2. The average Bonchev–Trinajstić information content (AvgIpc) is 2.24. The van der Waals surface area contributed by atoms with Crippen LogP contribution in [0, 0.1) is 22.7 Å². The Balaban J connectivity index is 4.42. The zero-order chi connectivity index (χ0) is 11.6. The Labute approximate surface area is 98.2 Å². The predicted molar refractivity (Wildman–Crippen MR) is 66.0 cm³/mol. The number of nitriles is 2. The van der Waals surface area contributed by atoms with Gasteiger partial charge in [0.15, 0.2) is 0 Å². The van der Waals surface area contributed by atoms with Gasteiger partial charge in [0, 0.05) is 0 Å². The number of hydrogen-bond donors (Lipinski definition) is 0. The first kappa shape index (κ1) is 14.8. The monoisotopic (exact) mass is 314 g/mol. The van der Waals surface area contributed by atoms with Gasteiger partial charge in [-0.25, -0.2) is 0 Å². The van der Waals surface area contributed by atoms with Crippen molar-refractivity contribution in [1.29, 1.82) is 10.5 Å². The van der Waals surface area contributed by atoms with Crippen molar-refractivity contribution in [2.24, 2.45) is 0 Å². The van der Waals surface area contributed by atoms with Gasteiger partial charge in [0.1, 0.15) is 0 Å². The van der Waals surface area contributed by atoms with Gasteiger partial charge in [0.2, 0.25) is 0 Å². The van der Waals surface area contributed by atoms with Crippen molar-refractivity contribution in [2.75, 3.05) is 0 Å². The molecule has 15 heavy (non-hydrogen) atoms. The predicted octanol–water partition coefficient (Wildman–Crippen LogP) is 4.08. The van der Waals surface area contributed by atoms with Crippen LogP contribution < -0.4 is 0 Å².